The largest absolute Gasteiger partial charge is 0.345 e. The van der Waals surface area contributed by atoms with E-state index in [0.29, 0.717) is 5.56 Å². The number of hydrogen-bond donors (Lipinski definition) is 0. The second kappa shape index (κ2) is 6.80. The quantitative estimate of drug-likeness (QED) is 0.726. The number of hydrogen-bond acceptors (Lipinski definition) is 5. The maximum absolute atomic E-state index is 12.5. The SMILES string of the molecule is CCc1ccc2nc(N3CCN(C(=O)c4ccncc4)CC3)sc2c1. The summed E-state index contributed by atoms with van der Waals surface area (Å²) in [7, 11) is 0. The zero-order chi connectivity index (χ0) is 17.2. The molecule has 4 rings (SSSR count). The van der Waals surface area contributed by atoms with Crippen molar-refractivity contribution in [1.29, 1.82) is 0 Å². The third-order valence-corrected chi connectivity index (χ3v) is 5.69. The van der Waals surface area contributed by atoms with Crippen molar-refractivity contribution in [2.45, 2.75) is 13.3 Å². The highest BCUT2D eigenvalue weighted by atomic mass is 32.1. The molecule has 0 radical (unpaired) electrons. The average molecular weight is 352 g/mol. The number of thiazole rings is 1. The number of aromatic nitrogens is 2. The van der Waals surface area contributed by atoms with Crippen LogP contribution in [0.5, 0.6) is 0 Å². The minimum atomic E-state index is 0.0823. The summed E-state index contributed by atoms with van der Waals surface area (Å²) in [4.78, 5) is 25.5. The van der Waals surface area contributed by atoms with Crippen LogP contribution in [-0.4, -0.2) is 47.0 Å². The zero-order valence-electron chi connectivity index (χ0n) is 14.2. The number of amides is 1. The molecule has 0 aliphatic carbocycles. The van der Waals surface area contributed by atoms with Crippen molar-refractivity contribution < 1.29 is 4.79 Å². The Labute approximate surface area is 150 Å². The molecular formula is C19H20N4OS. The van der Waals surface area contributed by atoms with E-state index in [2.05, 4.69) is 35.0 Å². The fourth-order valence-electron chi connectivity index (χ4n) is 3.09. The molecule has 1 aromatic carbocycles. The number of piperazine rings is 1. The van der Waals surface area contributed by atoms with E-state index < -0.39 is 0 Å². The van der Waals surface area contributed by atoms with Gasteiger partial charge in [-0.1, -0.05) is 24.3 Å². The molecule has 0 N–H and O–H groups in total. The Morgan fingerprint density at radius 3 is 2.60 bits per heavy atom. The summed E-state index contributed by atoms with van der Waals surface area (Å²) in [6.07, 6.45) is 4.36. The molecule has 6 heteroatoms. The van der Waals surface area contributed by atoms with Crippen LogP contribution in [0.25, 0.3) is 10.2 Å². The second-order valence-electron chi connectivity index (χ2n) is 6.17. The van der Waals surface area contributed by atoms with E-state index in [0.717, 1.165) is 43.2 Å². The molecule has 25 heavy (non-hydrogen) atoms. The van der Waals surface area contributed by atoms with Crippen LogP contribution in [0.4, 0.5) is 5.13 Å². The Hall–Kier alpha value is -2.47. The molecule has 1 aliphatic heterocycles. The fourth-order valence-corrected chi connectivity index (χ4v) is 4.17. The minimum Gasteiger partial charge on any atom is -0.345 e. The van der Waals surface area contributed by atoms with Crippen LogP contribution in [0, 0.1) is 0 Å². The molecular weight excluding hydrogens is 332 g/mol. The molecule has 0 bridgehead atoms. The summed E-state index contributed by atoms with van der Waals surface area (Å²) in [6.45, 7) is 5.24. The molecule has 1 saturated heterocycles. The normalized spacial score (nSPS) is 14.9. The Morgan fingerprint density at radius 2 is 1.88 bits per heavy atom. The molecule has 2 aromatic heterocycles. The second-order valence-corrected chi connectivity index (χ2v) is 7.18. The zero-order valence-corrected chi connectivity index (χ0v) is 15.0. The Kier molecular flexibility index (Phi) is 4.36. The summed E-state index contributed by atoms with van der Waals surface area (Å²) in [5, 5.41) is 1.05. The van der Waals surface area contributed by atoms with Crippen LogP contribution < -0.4 is 4.90 Å². The lowest BCUT2D eigenvalue weighted by Crippen LogP contribution is -2.48. The molecule has 0 atom stereocenters. The van der Waals surface area contributed by atoms with Crippen LogP contribution >= 0.6 is 11.3 Å². The van der Waals surface area contributed by atoms with E-state index in [9.17, 15) is 4.79 Å². The third-order valence-electron chi connectivity index (χ3n) is 4.61. The highest BCUT2D eigenvalue weighted by Gasteiger charge is 2.23. The summed E-state index contributed by atoms with van der Waals surface area (Å²) in [6, 6.07) is 10.0. The van der Waals surface area contributed by atoms with Gasteiger partial charge in [0.15, 0.2) is 5.13 Å². The first-order valence-corrected chi connectivity index (χ1v) is 9.40. The standard InChI is InChI=1S/C19H20N4OS/c1-2-14-3-4-16-17(13-14)25-19(21-16)23-11-9-22(10-12-23)18(24)15-5-7-20-8-6-15/h3-8,13H,2,9-12H2,1H3. The first-order chi connectivity index (χ1) is 12.2. The van der Waals surface area contributed by atoms with Gasteiger partial charge in [0.25, 0.3) is 5.91 Å². The van der Waals surface area contributed by atoms with Crippen LogP contribution in [0.1, 0.15) is 22.8 Å². The van der Waals surface area contributed by atoms with Crippen molar-refractivity contribution in [3.8, 4) is 0 Å². The van der Waals surface area contributed by atoms with E-state index >= 15 is 0 Å². The van der Waals surface area contributed by atoms with Crippen molar-refractivity contribution >= 4 is 32.6 Å². The van der Waals surface area contributed by atoms with Crippen LogP contribution in [-0.2, 0) is 6.42 Å². The minimum absolute atomic E-state index is 0.0823. The number of benzene rings is 1. The van der Waals surface area contributed by atoms with E-state index in [1.54, 1.807) is 35.9 Å². The predicted octanol–water partition coefficient (Wildman–Crippen LogP) is 3.22. The molecule has 3 aromatic rings. The number of nitrogens with zero attached hydrogens (tertiary/aromatic N) is 4. The van der Waals surface area contributed by atoms with Crippen molar-refractivity contribution in [3.63, 3.8) is 0 Å². The van der Waals surface area contributed by atoms with Gasteiger partial charge in [0.1, 0.15) is 0 Å². The first kappa shape index (κ1) is 16.0. The first-order valence-electron chi connectivity index (χ1n) is 8.58. The lowest BCUT2D eigenvalue weighted by molar-refractivity contribution is 0.0746. The summed E-state index contributed by atoms with van der Waals surface area (Å²) >= 11 is 1.74. The van der Waals surface area contributed by atoms with E-state index in [1.165, 1.54) is 10.3 Å². The van der Waals surface area contributed by atoms with Gasteiger partial charge in [-0.15, -0.1) is 0 Å². The number of pyridine rings is 1. The van der Waals surface area contributed by atoms with Gasteiger partial charge >= 0.3 is 0 Å². The van der Waals surface area contributed by atoms with Crippen molar-refractivity contribution in [2.75, 3.05) is 31.1 Å². The third kappa shape index (κ3) is 3.22. The lowest BCUT2D eigenvalue weighted by Gasteiger charge is -2.34. The smallest absolute Gasteiger partial charge is 0.254 e. The highest BCUT2D eigenvalue weighted by molar-refractivity contribution is 7.22. The molecule has 0 saturated carbocycles. The van der Waals surface area contributed by atoms with Crippen molar-refractivity contribution in [1.82, 2.24) is 14.9 Å². The maximum Gasteiger partial charge on any atom is 0.254 e. The van der Waals surface area contributed by atoms with Gasteiger partial charge in [-0.25, -0.2) is 4.98 Å². The summed E-state index contributed by atoms with van der Waals surface area (Å²) in [5.41, 5.74) is 3.11. The summed E-state index contributed by atoms with van der Waals surface area (Å²) in [5.74, 6) is 0.0823. The predicted molar refractivity (Wildman–Crippen MR) is 101 cm³/mol. The summed E-state index contributed by atoms with van der Waals surface area (Å²) < 4.78 is 1.24. The monoisotopic (exact) mass is 352 g/mol. The number of carbonyl (C=O) groups is 1. The van der Waals surface area contributed by atoms with Crippen LogP contribution in [0.3, 0.4) is 0 Å². The molecule has 1 amide bonds. The number of anilines is 1. The van der Waals surface area contributed by atoms with E-state index in [-0.39, 0.29) is 5.91 Å². The molecule has 5 nitrogen and oxygen atoms in total. The fraction of sp³-hybridized carbons (Fsp3) is 0.316. The number of fused-ring (bicyclic) bond motifs is 1. The van der Waals surface area contributed by atoms with Crippen LogP contribution in [0.15, 0.2) is 42.7 Å². The Bertz CT molecular complexity index is 885. The van der Waals surface area contributed by atoms with E-state index in [4.69, 9.17) is 4.98 Å². The Balaban J connectivity index is 1.46. The molecule has 1 fully saturated rings. The molecule has 128 valence electrons. The van der Waals surface area contributed by atoms with Gasteiger partial charge in [-0.3, -0.25) is 9.78 Å². The maximum atomic E-state index is 12.5. The van der Waals surface area contributed by atoms with Gasteiger partial charge in [0, 0.05) is 44.1 Å². The molecule has 0 unspecified atom stereocenters. The number of carbonyl (C=O) groups excluding carboxylic acids is 1. The van der Waals surface area contributed by atoms with Gasteiger partial charge in [0.05, 0.1) is 10.2 Å². The van der Waals surface area contributed by atoms with Gasteiger partial charge in [0.2, 0.25) is 0 Å². The van der Waals surface area contributed by atoms with Gasteiger partial charge in [-0.05, 0) is 36.2 Å². The van der Waals surface area contributed by atoms with Crippen LogP contribution in [0.2, 0.25) is 0 Å². The highest BCUT2D eigenvalue weighted by Crippen LogP contribution is 2.30. The average Bonchev–Trinajstić information content (AvgIpc) is 3.11. The molecule has 0 spiro atoms. The Morgan fingerprint density at radius 1 is 1.12 bits per heavy atom. The van der Waals surface area contributed by atoms with Gasteiger partial charge < -0.3 is 9.80 Å². The van der Waals surface area contributed by atoms with Crippen molar-refractivity contribution in [2.24, 2.45) is 0 Å². The number of rotatable bonds is 3. The molecule has 3 heterocycles. The van der Waals surface area contributed by atoms with E-state index in [1.807, 2.05) is 4.90 Å². The van der Waals surface area contributed by atoms with Gasteiger partial charge in [-0.2, -0.15) is 0 Å². The molecule has 1 aliphatic rings. The lowest BCUT2D eigenvalue weighted by atomic mass is 10.2. The number of aryl methyl sites for hydroxylation is 1. The topological polar surface area (TPSA) is 49.3 Å². The van der Waals surface area contributed by atoms with Crippen molar-refractivity contribution in [3.05, 3.63) is 53.9 Å².